The van der Waals surface area contributed by atoms with Crippen LogP contribution in [0.5, 0.6) is 0 Å². The lowest BCUT2D eigenvalue weighted by atomic mass is 9.93. The van der Waals surface area contributed by atoms with Crippen molar-refractivity contribution >= 4 is 32.3 Å². The molecule has 3 nitrogen and oxygen atoms in total. The summed E-state index contributed by atoms with van der Waals surface area (Å²) in [5, 5.41) is 7.54. The predicted octanol–water partition coefficient (Wildman–Crippen LogP) is 10.00. The molecule has 1 aromatic heterocycles. The smallest absolute Gasteiger partial charge is 0.164 e. The molecular formula is C39H25N3. The molecule has 1 heterocycles. The number of aromatic nitrogens is 3. The fraction of sp³-hybridized carbons (Fsp3) is 0. The van der Waals surface area contributed by atoms with Crippen LogP contribution in [0.2, 0.25) is 0 Å². The summed E-state index contributed by atoms with van der Waals surface area (Å²) in [5.74, 6) is 1.97. The van der Waals surface area contributed by atoms with E-state index in [0.717, 1.165) is 27.8 Å². The van der Waals surface area contributed by atoms with Gasteiger partial charge in [-0.05, 0) is 49.5 Å². The highest BCUT2D eigenvalue weighted by molar-refractivity contribution is 6.17. The summed E-state index contributed by atoms with van der Waals surface area (Å²) in [5.41, 5.74) is 5.10. The van der Waals surface area contributed by atoms with E-state index in [9.17, 15) is 0 Å². The van der Waals surface area contributed by atoms with Crippen molar-refractivity contribution in [2.45, 2.75) is 0 Å². The quantitative estimate of drug-likeness (QED) is 0.211. The largest absolute Gasteiger partial charge is 0.208 e. The lowest BCUT2D eigenvalue weighted by Crippen LogP contribution is -2.01. The molecule has 0 bridgehead atoms. The van der Waals surface area contributed by atoms with Crippen LogP contribution in [0, 0.1) is 0 Å². The summed E-state index contributed by atoms with van der Waals surface area (Å²) < 4.78 is 0. The van der Waals surface area contributed by atoms with Crippen LogP contribution in [0.25, 0.3) is 77.6 Å². The lowest BCUT2D eigenvalue weighted by Gasteiger charge is -2.13. The zero-order valence-corrected chi connectivity index (χ0v) is 22.8. The van der Waals surface area contributed by atoms with Gasteiger partial charge in [0, 0.05) is 16.7 Å². The van der Waals surface area contributed by atoms with Gasteiger partial charge in [-0.1, -0.05) is 146 Å². The zero-order valence-electron chi connectivity index (χ0n) is 22.8. The third-order valence-corrected chi connectivity index (χ3v) is 7.92. The Hall–Kier alpha value is -5.67. The van der Waals surface area contributed by atoms with Gasteiger partial charge in [-0.25, -0.2) is 15.0 Å². The average molecular weight is 536 g/mol. The van der Waals surface area contributed by atoms with Crippen molar-refractivity contribution in [2.75, 3.05) is 0 Å². The molecule has 196 valence electrons. The van der Waals surface area contributed by atoms with Crippen LogP contribution in [-0.4, -0.2) is 15.0 Å². The van der Waals surface area contributed by atoms with Crippen LogP contribution < -0.4 is 0 Å². The van der Waals surface area contributed by atoms with Gasteiger partial charge in [-0.3, -0.25) is 0 Å². The Morgan fingerprint density at radius 3 is 1.48 bits per heavy atom. The second kappa shape index (κ2) is 10.1. The molecule has 8 rings (SSSR count). The van der Waals surface area contributed by atoms with Crippen LogP contribution in [0.15, 0.2) is 152 Å². The summed E-state index contributed by atoms with van der Waals surface area (Å²) in [6.07, 6.45) is 0. The predicted molar refractivity (Wildman–Crippen MR) is 174 cm³/mol. The van der Waals surface area contributed by atoms with E-state index in [1.165, 1.54) is 32.3 Å². The van der Waals surface area contributed by atoms with Crippen molar-refractivity contribution < 1.29 is 0 Å². The fourth-order valence-corrected chi connectivity index (χ4v) is 5.86. The lowest BCUT2D eigenvalue weighted by molar-refractivity contribution is 1.07. The molecule has 0 fully saturated rings. The Morgan fingerprint density at radius 1 is 0.286 bits per heavy atom. The van der Waals surface area contributed by atoms with Crippen LogP contribution in [-0.2, 0) is 0 Å². The van der Waals surface area contributed by atoms with E-state index in [2.05, 4.69) is 84.9 Å². The van der Waals surface area contributed by atoms with E-state index >= 15 is 0 Å². The monoisotopic (exact) mass is 535 g/mol. The van der Waals surface area contributed by atoms with Gasteiger partial charge in [0.1, 0.15) is 0 Å². The van der Waals surface area contributed by atoms with Crippen LogP contribution in [0.4, 0.5) is 0 Å². The Balaban J connectivity index is 1.30. The van der Waals surface area contributed by atoms with Gasteiger partial charge in [0.25, 0.3) is 0 Å². The summed E-state index contributed by atoms with van der Waals surface area (Å²) in [4.78, 5) is 14.9. The maximum Gasteiger partial charge on any atom is 0.164 e. The molecule has 0 saturated carbocycles. The van der Waals surface area contributed by atoms with E-state index in [1.807, 2.05) is 66.7 Å². The number of hydrogen-bond donors (Lipinski definition) is 0. The van der Waals surface area contributed by atoms with Crippen molar-refractivity contribution in [1.82, 2.24) is 15.0 Å². The van der Waals surface area contributed by atoms with E-state index in [1.54, 1.807) is 0 Å². The Morgan fingerprint density at radius 2 is 0.786 bits per heavy atom. The van der Waals surface area contributed by atoms with Crippen molar-refractivity contribution in [1.29, 1.82) is 0 Å². The molecule has 0 radical (unpaired) electrons. The molecule has 0 saturated heterocycles. The topological polar surface area (TPSA) is 38.7 Å². The normalized spacial score (nSPS) is 11.3. The molecule has 8 aromatic rings. The molecule has 7 aromatic carbocycles. The maximum atomic E-state index is 5.00. The van der Waals surface area contributed by atoms with Gasteiger partial charge in [0.05, 0.1) is 0 Å². The first-order valence-electron chi connectivity index (χ1n) is 14.1. The van der Waals surface area contributed by atoms with Crippen molar-refractivity contribution in [2.24, 2.45) is 0 Å². The van der Waals surface area contributed by atoms with Gasteiger partial charge in [0.2, 0.25) is 0 Å². The molecule has 3 heteroatoms. The van der Waals surface area contributed by atoms with Crippen molar-refractivity contribution in [3.05, 3.63) is 152 Å². The minimum absolute atomic E-state index is 0.656. The van der Waals surface area contributed by atoms with Crippen molar-refractivity contribution in [3.8, 4) is 45.3 Å². The molecule has 0 aliphatic rings. The third-order valence-electron chi connectivity index (χ3n) is 7.92. The van der Waals surface area contributed by atoms with E-state index in [0.29, 0.717) is 17.5 Å². The summed E-state index contributed by atoms with van der Waals surface area (Å²) >= 11 is 0. The minimum atomic E-state index is 0.656. The number of nitrogens with zero attached hydrogens (tertiary/aromatic N) is 3. The Bertz CT molecular complexity index is 2180. The van der Waals surface area contributed by atoms with Crippen LogP contribution in [0.3, 0.4) is 0 Å². The second-order valence-corrected chi connectivity index (χ2v) is 10.5. The average Bonchev–Trinajstić information content (AvgIpc) is 3.08. The summed E-state index contributed by atoms with van der Waals surface area (Å²) in [7, 11) is 0. The van der Waals surface area contributed by atoms with E-state index in [-0.39, 0.29) is 0 Å². The first kappa shape index (κ1) is 24.2. The number of benzene rings is 7. The van der Waals surface area contributed by atoms with Gasteiger partial charge in [-0.2, -0.15) is 0 Å². The molecular weight excluding hydrogens is 510 g/mol. The standard InChI is InChI=1S/C39H25N3/c1-3-12-27(13-4-1)37-40-38(28-14-5-2-6-15-28)42-39(41-37)36-18-10-9-17-32(36)29-20-22-33-30(25-29)21-24-34-31-16-8-7-11-26(31)19-23-35(33)34/h1-25H. The third kappa shape index (κ3) is 4.20. The second-order valence-electron chi connectivity index (χ2n) is 10.5. The molecule has 42 heavy (non-hydrogen) atoms. The van der Waals surface area contributed by atoms with Crippen molar-refractivity contribution in [3.63, 3.8) is 0 Å². The van der Waals surface area contributed by atoms with Crippen LogP contribution >= 0.6 is 0 Å². The maximum absolute atomic E-state index is 5.00. The molecule has 0 unspecified atom stereocenters. The fourth-order valence-electron chi connectivity index (χ4n) is 5.86. The van der Waals surface area contributed by atoms with Gasteiger partial charge in [0.15, 0.2) is 17.5 Å². The molecule has 0 atom stereocenters. The minimum Gasteiger partial charge on any atom is -0.208 e. The highest BCUT2D eigenvalue weighted by atomic mass is 15.0. The Kier molecular flexibility index (Phi) is 5.79. The molecule has 0 aliphatic heterocycles. The van der Waals surface area contributed by atoms with E-state index < -0.39 is 0 Å². The number of rotatable bonds is 4. The summed E-state index contributed by atoms with van der Waals surface area (Å²) in [6.45, 7) is 0. The highest BCUT2D eigenvalue weighted by Crippen LogP contribution is 2.36. The summed E-state index contributed by atoms with van der Waals surface area (Å²) in [6, 6.07) is 52.9. The zero-order chi connectivity index (χ0) is 27.9. The SMILES string of the molecule is c1ccc(-c2nc(-c3ccccc3)nc(-c3ccccc3-c3ccc4c(ccc5c6ccccc6ccc45)c3)n2)cc1. The van der Waals surface area contributed by atoms with E-state index in [4.69, 9.17) is 15.0 Å². The van der Waals surface area contributed by atoms with Gasteiger partial charge >= 0.3 is 0 Å². The molecule has 0 aliphatic carbocycles. The van der Waals surface area contributed by atoms with Gasteiger partial charge in [-0.15, -0.1) is 0 Å². The van der Waals surface area contributed by atoms with Crippen LogP contribution in [0.1, 0.15) is 0 Å². The van der Waals surface area contributed by atoms with Gasteiger partial charge < -0.3 is 0 Å². The number of hydrogen-bond acceptors (Lipinski definition) is 3. The molecule has 0 amide bonds. The Labute approximate surface area is 243 Å². The first-order valence-corrected chi connectivity index (χ1v) is 14.1. The number of fused-ring (bicyclic) bond motifs is 5. The molecule has 0 spiro atoms. The molecule has 0 N–H and O–H groups in total. The first-order chi connectivity index (χ1) is 20.8. The highest BCUT2D eigenvalue weighted by Gasteiger charge is 2.16.